The molecule has 6 N–H and O–H groups in total. The normalized spacial score (nSPS) is 8.94. The van der Waals surface area contributed by atoms with Gasteiger partial charge in [-0.3, -0.25) is 4.39 Å². The van der Waals surface area contributed by atoms with E-state index >= 15 is 0 Å². The molecular formula is C21H38Cl2FN4NaO3. The second kappa shape index (κ2) is 28.1. The number of hydrogen-bond donors (Lipinski definition) is 3. The van der Waals surface area contributed by atoms with Crippen molar-refractivity contribution in [2.24, 2.45) is 0 Å². The zero-order chi connectivity index (χ0) is 23.4. The molecule has 32 heavy (non-hydrogen) atoms. The van der Waals surface area contributed by atoms with Gasteiger partial charge in [0.05, 0.1) is 8.52 Å². The van der Waals surface area contributed by atoms with Gasteiger partial charge < -0.3 is 36.6 Å². The summed E-state index contributed by atoms with van der Waals surface area (Å²) in [5, 5.41) is 8.70. The number of hydrogen-bond acceptors (Lipinski definition) is 7. The molecule has 0 saturated carbocycles. The minimum Gasteiger partial charge on any atom is -0.870 e. The number of ether oxygens (including phenoxy) is 1. The maximum atomic E-state index is 9.96. The molecule has 2 aromatic carbocycles. The summed E-state index contributed by atoms with van der Waals surface area (Å²) in [7, 11) is 7.05. The molecule has 2 rings (SSSR count). The molecule has 0 aliphatic rings. The van der Waals surface area contributed by atoms with E-state index in [-0.39, 0.29) is 53.2 Å². The monoisotopic (exact) mass is 507 g/mol. The standard InChI is InChI=1S/C10H16N2O.C6H7NO.C4H10ClN.CH3F.ClH.Na.H2O/c1-12(2)7-8-13-10-5-3-9(11)4-6-10;7-5-1-3-6(8)4-2-5;1-6(2)4-3-5;1-2;;;/h3-6H,7-8,11H2,1-2H3;1-4,8H,7H2;3-4H2,1-2H3;1H3;1H;;1H2/q;;;;;+1;/p-1/i;;;1D;;;. The predicted molar refractivity (Wildman–Crippen MR) is 133 cm³/mol. The number of likely N-dealkylation sites (N-methyl/N-ethyl adjacent to an activating group) is 1. The van der Waals surface area contributed by atoms with Crippen molar-refractivity contribution in [1.82, 2.24) is 9.80 Å². The van der Waals surface area contributed by atoms with Crippen LogP contribution in [0.3, 0.4) is 0 Å². The third-order valence-electron chi connectivity index (χ3n) is 3.11. The van der Waals surface area contributed by atoms with Crippen molar-refractivity contribution >= 4 is 35.4 Å². The van der Waals surface area contributed by atoms with Gasteiger partial charge in [-0.05, 0) is 76.7 Å². The number of nitrogens with zero attached hydrogens (tertiary/aromatic N) is 2. The van der Waals surface area contributed by atoms with Gasteiger partial charge in [0.2, 0.25) is 0 Å². The Kier molecular flexibility index (Phi) is 33.6. The number of phenols is 1. The molecule has 0 bridgehead atoms. The molecule has 7 nitrogen and oxygen atoms in total. The van der Waals surface area contributed by atoms with Crippen LogP contribution in [0, 0.1) is 0 Å². The number of phenolic OH excluding ortho intramolecular Hbond substituents is 1. The molecule has 11 heteroatoms. The van der Waals surface area contributed by atoms with E-state index in [2.05, 4.69) is 4.90 Å². The topological polar surface area (TPSA) is 118 Å². The van der Waals surface area contributed by atoms with Gasteiger partial charge >= 0.3 is 29.6 Å². The quantitative estimate of drug-likeness (QED) is 0.229. The largest absolute Gasteiger partial charge is 1.00 e. The van der Waals surface area contributed by atoms with Gasteiger partial charge in [0.1, 0.15) is 18.1 Å². The summed E-state index contributed by atoms with van der Waals surface area (Å²) in [5.74, 6) is 1.85. The zero-order valence-electron chi connectivity index (χ0n) is 20.7. The minimum absolute atomic E-state index is 0. The van der Waals surface area contributed by atoms with Gasteiger partial charge in [0.15, 0.2) is 0 Å². The number of anilines is 2. The summed E-state index contributed by atoms with van der Waals surface area (Å²) in [5.41, 5.74) is 12.3. The first-order valence-corrected chi connectivity index (χ1v) is 9.43. The fraction of sp³-hybridized carbons (Fsp3) is 0.429. The number of halogens is 3. The Morgan fingerprint density at radius 1 is 0.938 bits per heavy atom. The Hall–Kier alpha value is -0.970. The Bertz CT molecular complexity index is 611. The summed E-state index contributed by atoms with van der Waals surface area (Å²) >= 11 is 5.35. The summed E-state index contributed by atoms with van der Waals surface area (Å²) in [4.78, 5) is 4.13. The van der Waals surface area contributed by atoms with Crippen molar-refractivity contribution in [3.63, 3.8) is 0 Å². The first-order valence-electron chi connectivity index (χ1n) is 9.60. The second-order valence-electron chi connectivity index (χ2n) is 6.30. The summed E-state index contributed by atoms with van der Waals surface area (Å²) in [6.07, 6.45) is 0. The van der Waals surface area contributed by atoms with Gasteiger partial charge in [0, 0.05) is 30.3 Å². The number of alkyl halides is 2. The van der Waals surface area contributed by atoms with Crippen molar-refractivity contribution in [2.75, 3.05) is 72.4 Å². The van der Waals surface area contributed by atoms with Crippen molar-refractivity contribution in [2.45, 2.75) is 0 Å². The third-order valence-corrected chi connectivity index (χ3v) is 3.28. The van der Waals surface area contributed by atoms with Crippen LogP contribution in [0.25, 0.3) is 0 Å². The molecule has 0 radical (unpaired) electrons. The van der Waals surface area contributed by atoms with Crippen molar-refractivity contribution in [3.8, 4) is 11.5 Å². The maximum absolute atomic E-state index is 9.96. The molecule has 0 aliphatic carbocycles. The Labute approximate surface area is 227 Å². The van der Waals surface area contributed by atoms with Crippen molar-refractivity contribution in [3.05, 3.63) is 48.5 Å². The van der Waals surface area contributed by atoms with Crippen LogP contribution >= 0.6 is 24.0 Å². The Morgan fingerprint density at radius 3 is 1.59 bits per heavy atom. The van der Waals surface area contributed by atoms with Gasteiger partial charge in [-0.1, -0.05) is 0 Å². The van der Waals surface area contributed by atoms with E-state index < -0.39 is 7.15 Å². The van der Waals surface area contributed by atoms with Crippen LogP contribution < -0.4 is 45.8 Å². The molecule has 0 atom stereocenters. The molecule has 0 fully saturated rings. The number of nitrogen functional groups attached to an aromatic ring is 2. The second-order valence-corrected chi connectivity index (χ2v) is 6.68. The van der Waals surface area contributed by atoms with Crippen LogP contribution in [-0.4, -0.2) is 81.3 Å². The van der Waals surface area contributed by atoms with E-state index in [4.69, 9.17) is 34.3 Å². The fourth-order valence-electron chi connectivity index (χ4n) is 1.55. The Morgan fingerprint density at radius 2 is 1.31 bits per heavy atom. The van der Waals surface area contributed by atoms with E-state index in [0.717, 1.165) is 30.4 Å². The van der Waals surface area contributed by atoms with Crippen molar-refractivity contribution < 1.29 is 50.6 Å². The predicted octanol–water partition coefficient (Wildman–Crippen LogP) is 0.805. The molecule has 2 aromatic rings. The summed E-state index contributed by atoms with van der Waals surface area (Å²) < 4.78 is 21.0. The van der Waals surface area contributed by atoms with Gasteiger partial charge in [0.25, 0.3) is 0 Å². The first kappa shape index (κ1) is 38.3. The van der Waals surface area contributed by atoms with E-state index in [1.807, 2.05) is 57.4 Å². The number of nitrogens with two attached hydrogens (primary N) is 2. The first-order chi connectivity index (χ1) is 14.2. The molecule has 182 valence electrons. The molecule has 0 amide bonds. The average Bonchev–Trinajstić information content (AvgIpc) is 2.67. The molecule has 0 saturated heterocycles. The van der Waals surface area contributed by atoms with Crippen LogP contribution in [-0.2, 0) is 0 Å². The third kappa shape index (κ3) is 29.0. The molecular weight excluding hydrogens is 469 g/mol. The SMILES string of the molecule is CN(C)CCCl.CN(C)CCOc1ccc(N)cc1.Cl.Nc1ccc(O)cc1.[2H]CF.[Na+].[OH-]. The zero-order valence-corrected chi connectivity index (χ0v) is 23.2. The van der Waals surface area contributed by atoms with Gasteiger partial charge in [-0.2, -0.15) is 0 Å². The van der Waals surface area contributed by atoms with E-state index in [1.54, 1.807) is 24.3 Å². The van der Waals surface area contributed by atoms with Gasteiger partial charge in [-0.15, -0.1) is 24.0 Å². The number of aromatic hydroxyl groups is 1. The smallest absolute Gasteiger partial charge is 0.870 e. The molecule has 0 aliphatic heterocycles. The van der Waals surface area contributed by atoms with Crippen LogP contribution in [0.2, 0.25) is 0 Å². The van der Waals surface area contributed by atoms with E-state index in [9.17, 15) is 4.39 Å². The van der Waals surface area contributed by atoms with Crippen LogP contribution in [0.5, 0.6) is 11.5 Å². The van der Waals surface area contributed by atoms with E-state index in [1.165, 1.54) is 0 Å². The molecule has 0 aromatic heterocycles. The summed E-state index contributed by atoms with van der Waals surface area (Å²) in [6, 6.07) is 13.8. The number of rotatable bonds is 6. The molecule has 0 spiro atoms. The van der Waals surface area contributed by atoms with Gasteiger partial charge in [-0.25, -0.2) is 0 Å². The van der Waals surface area contributed by atoms with Crippen molar-refractivity contribution in [1.29, 1.82) is 0 Å². The Balaban J connectivity index is -0.000000114. The van der Waals surface area contributed by atoms with Crippen LogP contribution in [0.4, 0.5) is 15.8 Å². The van der Waals surface area contributed by atoms with E-state index in [0.29, 0.717) is 12.3 Å². The maximum Gasteiger partial charge on any atom is 1.00 e. The average molecular weight is 508 g/mol. The minimum atomic E-state index is -1.00. The fourth-order valence-corrected chi connectivity index (χ4v) is 1.89. The summed E-state index contributed by atoms with van der Waals surface area (Å²) in [6.45, 7) is 2.60. The molecule has 0 unspecified atom stereocenters. The van der Waals surface area contributed by atoms with Crippen LogP contribution in [0.1, 0.15) is 1.37 Å². The number of benzene rings is 2. The molecule has 0 heterocycles. The van der Waals surface area contributed by atoms with Crippen LogP contribution in [0.15, 0.2) is 48.5 Å².